The van der Waals surface area contributed by atoms with Crippen LogP contribution in [-0.4, -0.2) is 21.7 Å². The number of hydrogen-bond acceptors (Lipinski definition) is 4. The van der Waals surface area contributed by atoms with E-state index in [0.717, 1.165) is 37.9 Å². The maximum absolute atomic E-state index is 14.9. The van der Waals surface area contributed by atoms with Gasteiger partial charge in [0.05, 0.1) is 10.4 Å². The van der Waals surface area contributed by atoms with Crippen molar-refractivity contribution in [3.8, 4) is 0 Å². The highest BCUT2D eigenvalue weighted by Crippen LogP contribution is 2.45. The molecule has 50 heavy (non-hydrogen) atoms. The smallest absolute Gasteiger partial charge is 0.268 e. The molecule has 1 heterocycles. The van der Waals surface area contributed by atoms with E-state index >= 15 is 0 Å². The van der Waals surface area contributed by atoms with Gasteiger partial charge in [0.1, 0.15) is 10.8 Å². The second-order valence-corrected chi connectivity index (χ2v) is 19.2. The molecule has 5 nitrogen and oxygen atoms in total. The van der Waals surface area contributed by atoms with Gasteiger partial charge in [-0.3, -0.25) is 0 Å². The summed E-state index contributed by atoms with van der Waals surface area (Å²) in [6.45, 7) is 5.84. The van der Waals surface area contributed by atoms with Crippen molar-refractivity contribution < 1.29 is 13.0 Å². The predicted octanol–water partition coefficient (Wildman–Crippen LogP) is 8.81. The Morgan fingerprint density at radius 3 is 1.86 bits per heavy atom. The molecule has 1 unspecified atom stereocenters. The Morgan fingerprint density at radius 1 is 0.700 bits per heavy atom. The van der Waals surface area contributed by atoms with Crippen LogP contribution in [0.1, 0.15) is 43.6 Å². The van der Waals surface area contributed by atoms with Gasteiger partial charge in [0.25, 0.3) is 10.0 Å². The molecule has 8 heteroatoms. The number of para-hydroxylation sites is 1. The van der Waals surface area contributed by atoms with Gasteiger partial charge in [0.15, 0.2) is 0 Å². The third-order valence-electron chi connectivity index (χ3n) is 8.87. The number of nitrogens with one attached hydrogen (secondary N) is 1. The van der Waals surface area contributed by atoms with E-state index < -0.39 is 40.1 Å². The summed E-state index contributed by atoms with van der Waals surface area (Å²) >= 11 is -1.49. The molecular formula is C42H39N2O3PS2. The van der Waals surface area contributed by atoms with Crippen LogP contribution in [0.4, 0.5) is 0 Å². The zero-order valence-electron chi connectivity index (χ0n) is 28.2. The number of fused-ring (bicyclic) bond motifs is 2. The van der Waals surface area contributed by atoms with E-state index in [4.69, 9.17) is 0 Å². The van der Waals surface area contributed by atoms with Crippen LogP contribution in [0.3, 0.4) is 0 Å². The lowest BCUT2D eigenvalue weighted by atomic mass is 9.95. The van der Waals surface area contributed by atoms with Gasteiger partial charge in [-0.25, -0.2) is 12.4 Å². The van der Waals surface area contributed by atoms with Crippen molar-refractivity contribution in [3.05, 3.63) is 175 Å². The SMILES string of the molecule is CC(C)(C)[S+]([O-])N[C@@H](c1ccc2ccccc2c1)c1c(CP(c2ccccc2)c2ccccc2)n(S(=O)(=O)c2ccccc2)c2ccccc12. The second kappa shape index (κ2) is 14.2. The molecule has 0 aliphatic carbocycles. The minimum atomic E-state index is -4.07. The molecular weight excluding hydrogens is 676 g/mol. The van der Waals surface area contributed by atoms with Crippen LogP contribution in [-0.2, 0) is 27.5 Å². The monoisotopic (exact) mass is 714 g/mol. The van der Waals surface area contributed by atoms with Gasteiger partial charge in [0, 0.05) is 34.2 Å². The molecule has 1 N–H and O–H groups in total. The van der Waals surface area contributed by atoms with Gasteiger partial charge >= 0.3 is 0 Å². The maximum atomic E-state index is 14.9. The molecule has 252 valence electrons. The number of benzene rings is 6. The Labute approximate surface area is 299 Å². The van der Waals surface area contributed by atoms with E-state index in [1.165, 1.54) is 0 Å². The molecule has 0 amide bonds. The number of rotatable bonds is 10. The van der Waals surface area contributed by atoms with E-state index in [9.17, 15) is 13.0 Å². The standard InChI is InChI=1S/C42H39N2O3PS2/c1-42(2,3)49(45)43-41(33-28-27-31-17-13-14-18-32(31)29-33)40-37-25-15-16-26-38(37)44(50(46,47)36-23-11-6-12-24-36)39(40)30-48(34-19-7-4-8-20-34)35-21-9-5-10-22-35/h4-29,41,43H,30H2,1-3H3/t41-,49?/m0/s1. The van der Waals surface area contributed by atoms with Gasteiger partial charge in [-0.15, -0.1) is 4.72 Å². The largest absolute Gasteiger partial charge is 0.598 e. The first-order chi connectivity index (χ1) is 24.1. The Kier molecular flexibility index (Phi) is 9.71. The first-order valence-electron chi connectivity index (χ1n) is 16.6. The summed E-state index contributed by atoms with van der Waals surface area (Å²) in [6.07, 6.45) is 0.438. The second-order valence-electron chi connectivity index (χ2n) is 13.3. The Morgan fingerprint density at radius 2 is 1.24 bits per heavy atom. The average Bonchev–Trinajstić information content (AvgIpc) is 3.47. The lowest BCUT2D eigenvalue weighted by Gasteiger charge is -2.29. The Bertz CT molecular complexity index is 2320. The van der Waals surface area contributed by atoms with Crippen molar-refractivity contribution in [2.24, 2.45) is 0 Å². The van der Waals surface area contributed by atoms with E-state index in [-0.39, 0.29) is 4.90 Å². The highest BCUT2D eigenvalue weighted by Gasteiger charge is 2.37. The summed E-state index contributed by atoms with van der Waals surface area (Å²) in [5.41, 5.74) is 2.98. The lowest BCUT2D eigenvalue weighted by molar-refractivity contribution is 0.536. The fourth-order valence-electron chi connectivity index (χ4n) is 6.39. The van der Waals surface area contributed by atoms with Gasteiger partial charge in [0.2, 0.25) is 0 Å². The van der Waals surface area contributed by atoms with Gasteiger partial charge in [-0.1, -0.05) is 133 Å². The minimum Gasteiger partial charge on any atom is -0.598 e. The number of aromatic nitrogens is 1. The lowest BCUT2D eigenvalue weighted by Crippen LogP contribution is -2.41. The van der Waals surface area contributed by atoms with Crippen LogP contribution in [0, 0.1) is 0 Å². The third-order valence-corrected chi connectivity index (χ3v) is 14.7. The van der Waals surface area contributed by atoms with Crippen LogP contribution < -0.4 is 15.3 Å². The molecule has 0 spiro atoms. The molecule has 1 aromatic heterocycles. The summed E-state index contributed by atoms with van der Waals surface area (Å²) in [4.78, 5) is 0.214. The van der Waals surface area contributed by atoms with Crippen molar-refractivity contribution in [2.45, 2.75) is 42.6 Å². The molecule has 0 saturated heterocycles. The summed E-state index contributed by atoms with van der Waals surface area (Å²) < 4.78 is 48.5. The fourth-order valence-corrected chi connectivity index (χ4v) is 11.2. The average molecular weight is 715 g/mol. The molecule has 7 aromatic rings. The topological polar surface area (TPSA) is 74.2 Å². The van der Waals surface area contributed by atoms with Gasteiger partial charge in [-0.2, -0.15) is 0 Å². The number of nitrogens with zero attached hydrogens (tertiary/aromatic N) is 1. The van der Waals surface area contributed by atoms with Crippen molar-refractivity contribution in [3.63, 3.8) is 0 Å². The Hall–Kier alpha value is -4.23. The van der Waals surface area contributed by atoms with E-state index in [0.29, 0.717) is 17.4 Å². The van der Waals surface area contributed by atoms with Gasteiger partial charge in [-0.05, 0) is 79.9 Å². The third kappa shape index (κ3) is 6.77. The normalized spacial score (nSPS) is 13.5. The molecule has 2 atom stereocenters. The zero-order chi connectivity index (χ0) is 34.9. The van der Waals surface area contributed by atoms with Crippen molar-refractivity contribution in [1.82, 2.24) is 8.69 Å². The maximum Gasteiger partial charge on any atom is 0.268 e. The van der Waals surface area contributed by atoms with Crippen molar-refractivity contribution in [2.75, 3.05) is 0 Å². The highest BCUT2D eigenvalue weighted by atomic mass is 32.2. The summed E-state index contributed by atoms with van der Waals surface area (Å²) in [5.74, 6) is 0. The van der Waals surface area contributed by atoms with Crippen LogP contribution in [0.2, 0.25) is 0 Å². The van der Waals surface area contributed by atoms with Crippen LogP contribution in [0.25, 0.3) is 21.7 Å². The van der Waals surface area contributed by atoms with Crippen molar-refractivity contribution in [1.29, 1.82) is 0 Å². The first-order valence-corrected chi connectivity index (χ1v) is 20.7. The molecule has 0 saturated carbocycles. The highest BCUT2D eigenvalue weighted by molar-refractivity contribution is 7.91. The molecule has 6 aromatic carbocycles. The molecule has 0 bridgehead atoms. The van der Waals surface area contributed by atoms with Gasteiger partial charge < -0.3 is 4.55 Å². The molecule has 0 radical (unpaired) electrons. The molecule has 7 rings (SSSR count). The molecule has 0 fully saturated rings. The fraction of sp³-hybridized carbons (Fsp3) is 0.143. The zero-order valence-corrected chi connectivity index (χ0v) is 30.8. The first kappa shape index (κ1) is 34.2. The van der Waals surface area contributed by atoms with Crippen LogP contribution in [0.15, 0.2) is 163 Å². The summed E-state index contributed by atoms with van der Waals surface area (Å²) in [7, 11) is -5.14. The summed E-state index contributed by atoms with van der Waals surface area (Å²) in [6, 6.07) is 50.9. The molecule has 0 aliphatic rings. The van der Waals surface area contributed by atoms with Crippen LogP contribution in [0.5, 0.6) is 0 Å². The summed E-state index contributed by atoms with van der Waals surface area (Å²) in [5, 5.41) is 5.23. The predicted molar refractivity (Wildman–Crippen MR) is 211 cm³/mol. The van der Waals surface area contributed by atoms with E-state index in [1.54, 1.807) is 28.2 Å². The quantitative estimate of drug-likeness (QED) is 0.114. The minimum absolute atomic E-state index is 0.214. The van der Waals surface area contributed by atoms with E-state index in [1.807, 2.05) is 99.6 Å². The van der Waals surface area contributed by atoms with Crippen molar-refractivity contribution >= 4 is 61.6 Å². The van der Waals surface area contributed by atoms with E-state index in [2.05, 4.69) is 59.3 Å². The number of hydrogen-bond donors (Lipinski definition) is 1. The molecule has 0 aliphatic heterocycles. The Balaban J connectivity index is 1.56. The van der Waals surface area contributed by atoms with Crippen LogP contribution >= 0.6 is 7.92 Å².